The van der Waals surface area contributed by atoms with Crippen LogP contribution in [0.3, 0.4) is 0 Å². The zero-order valence-corrected chi connectivity index (χ0v) is 13.2. The second-order valence-electron chi connectivity index (χ2n) is 6.12. The highest BCUT2D eigenvalue weighted by atomic mass is 32.2. The van der Waals surface area contributed by atoms with Gasteiger partial charge in [-0.2, -0.15) is 11.8 Å². The maximum atomic E-state index is 12.3. The van der Waals surface area contributed by atoms with Crippen molar-refractivity contribution in [1.29, 1.82) is 0 Å². The Kier molecular flexibility index (Phi) is 6.82. The molecule has 1 aliphatic rings. The van der Waals surface area contributed by atoms with Gasteiger partial charge in [-0.15, -0.1) is 0 Å². The molecule has 20 heavy (non-hydrogen) atoms. The molecule has 1 atom stereocenters. The van der Waals surface area contributed by atoms with E-state index >= 15 is 0 Å². The number of carbonyl (C=O) groups is 2. The molecule has 116 valence electrons. The van der Waals surface area contributed by atoms with Crippen molar-refractivity contribution in [3.8, 4) is 0 Å². The highest BCUT2D eigenvalue weighted by Crippen LogP contribution is 2.27. The highest BCUT2D eigenvalue weighted by molar-refractivity contribution is 7.99. The molecular weight excluding hydrogens is 276 g/mol. The molecule has 1 fully saturated rings. The normalized spacial score (nSPS) is 19.9. The van der Waals surface area contributed by atoms with E-state index < -0.39 is 5.97 Å². The lowest BCUT2D eigenvalue weighted by molar-refractivity contribution is -0.140. The van der Waals surface area contributed by atoms with Crippen molar-refractivity contribution in [3.05, 3.63) is 0 Å². The number of aliphatic carboxylic acids is 1. The maximum Gasteiger partial charge on any atom is 0.305 e. The number of nitrogens with zero attached hydrogens (tertiary/aromatic N) is 1. The summed E-state index contributed by atoms with van der Waals surface area (Å²) in [7, 11) is 0. The minimum Gasteiger partial charge on any atom is -0.481 e. The molecule has 0 radical (unpaired) electrons. The third-order valence-corrected chi connectivity index (χ3v) is 4.89. The monoisotopic (exact) mass is 302 g/mol. The van der Waals surface area contributed by atoms with E-state index in [1.54, 1.807) is 16.7 Å². The summed E-state index contributed by atoms with van der Waals surface area (Å²) in [6.45, 7) is 5.53. The van der Waals surface area contributed by atoms with Gasteiger partial charge in [0.25, 0.3) is 0 Å². The Balaban J connectivity index is 2.53. The molecular formula is C14H26N2O3S. The summed E-state index contributed by atoms with van der Waals surface area (Å²) < 4.78 is 0. The van der Waals surface area contributed by atoms with Gasteiger partial charge in [-0.3, -0.25) is 9.59 Å². The number of carboxylic acids is 1. The smallest absolute Gasteiger partial charge is 0.305 e. The van der Waals surface area contributed by atoms with Crippen LogP contribution in [0.5, 0.6) is 0 Å². The van der Waals surface area contributed by atoms with Crippen molar-refractivity contribution in [2.75, 3.05) is 24.6 Å². The Morgan fingerprint density at radius 3 is 2.70 bits per heavy atom. The van der Waals surface area contributed by atoms with E-state index in [1.807, 2.05) is 0 Å². The van der Waals surface area contributed by atoms with Crippen LogP contribution in [0, 0.1) is 5.41 Å². The molecule has 0 aliphatic carbocycles. The first-order valence-corrected chi connectivity index (χ1v) is 8.30. The molecule has 5 nitrogen and oxygen atoms in total. The number of amides is 1. The average Bonchev–Trinajstić information content (AvgIpc) is 2.36. The first-order chi connectivity index (χ1) is 9.35. The van der Waals surface area contributed by atoms with Crippen LogP contribution in [0.1, 0.15) is 39.5 Å². The van der Waals surface area contributed by atoms with E-state index in [9.17, 15) is 9.59 Å². The lowest BCUT2D eigenvalue weighted by Crippen LogP contribution is -2.47. The molecule has 0 bridgehead atoms. The molecule has 1 saturated heterocycles. The lowest BCUT2D eigenvalue weighted by Gasteiger charge is -2.35. The second kappa shape index (κ2) is 7.88. The Labute approximate surface area is 125 Å². The fourth-order valence-corrected chi connectivity index (χ4v) is 3.52. The molecule has 1 rings (SSSR count). The first-order valence-electron chi connectivity index (χ1n) is 7.15. The van der Waals surface area contributed by atoms with E-state index in [1.165, 1.54) is 0 Å². The second-order valence-corrected chi connectivity index (χ2v) is 7.27. The summed E-state index contributed by atoms with van der Waals surface area (Å²) in [6, 6.07) is -0.156. The topological polar surface area (TPSA) is 83.6 Å². The van der Waals surface area contributed by atoms with Crippen molar-refractivity contribution < 1.29 is 14.7 Å². The lowest BCUT2D eigenvalue weighted by atomic mass is 9.84. The molecule has 1 aliphatic heterocycles. The molecule has 0 aromatic rings. The van der Waals surface area contributed by atoms with Crippen molar-refractivity contribution in [3.63, 3.8) is 0 Å². The van der Waals surface area contributed by atoms with Gasteiger partial charge in [0, 0.05) is 24.5 Å². The summed E-state index contributed by atoms with van der Waals surface area (Å²) in [5.41, 5.74) is 5.64. The highest BCUT2D eigenvalue weighted by Gasteiger charge is 2.29. The number of rotatable bonds is 7. The number of carboxylic acid groups (broad SMARTS) is 1. The minimum absolute atomic E-state index is 0.0466. The van der Waals surface area contributed by atoms with Gasteiger partial charge in [0.1, 0.15) is 0 Å². The van der Waals surface area contributed by atoms with Crippen LogP contribution in [0.2, 0.25) is 0 Å². The van der Waals surface area contributed by atoms with E-state index in [2.05, 4.69) is 13.8 Å². The van der Waals surface area contributed by atoms with E-state index in [0.29, 0.717) is 19.5 Å². The number of hydrogen-bond donors (Lipinski definition) is 2. The summed E-state index contributed by atoms with van der Waals surface area (Å²) >= 11 is 1.72. The van der Waals surface area contributed by atoms with Crippen molar-refractivity contribution in [2.45, 2.75) is 45.6 Å². The molecule has 0 aromatic carbocycles. The largest absolute Gasteiger partial charge is 0.481 e. The number of carbonyl (C=O) groups excluding carboxylic acids is 1. The Hall–Kier alpha value is -0.750. The van der Waals surface area contributed by atoms with E-state index in [-0.39, 0.29) is 23.8 Å². The number of thioether (sulfide) groups is 1. The summed E-state index contributed by atoms with van der Waals surface area (Å²) in [4.78, 5) is 25.0. The van der Waals surface area contributed by atoms with Crippen LogP contribution in [-0.2, 0) is 9.59 Å². The molecule has 6 heteroatoms. The summed E-state index contributed by atoms with van der Waals surface area (Å²) in [6.07, 6.45) is 2.22. The number of nitrogens with two attached hydrogens (primary N) is 1. The quantitative estimate of drug-likeness (QED) is 0.745. The van der Waals surface area contributed by atoms with E-state index in [0.717, 1.165) is 24.3 Å². The third-order valence-electron chi connectivity index (χ3n) is 3.79. The Bertz CT molecular complexity index is 347. The van der Waals surface area contributed by atoms with Crippen LogP contribution >= 0.6 is 11.8 Å². The fourth-order valence-electron chi connectivity index (χ4n) is 2.46. The van der Waals surface area contributed by atoms with Gasteiger partial charge in [0.05, 0.1) is 12.5 Å². The van der Waals surface area contributed by atoms with Gasteiger partial charge in [-0.1, -0.05) is 13.8 Å². The molecule has 1 unspecified atom stereocenters. The fraction of sp³-hybridized carbons (Fsp3) is 0.857. The van der Waals surface area contributed by atoms with Gasteiger partial charge in [-0.05, 0) is 24.8 Å². The molecule has 0 spiro atoms. The molecule has 1 heterocycles. The van der Waals surface area contributed by atoms with Gasteiger partial charge in [0.2, 0.25) is 5.91 Å². The van der Waals surface area contributed by atoms with E-state index in [4.69, 9.17) is 10.8 Å². The summed E-state index contributed by atoms with van der Waals surface area (Å²) in [5, 5.41) is 8.93. The first kappa shape index (κ1) is 17.3. The van der Waals surface area contributed by atoms with Gasteiger partial charge >= 0.3 is 5.97 Å². The van der Waals surface area contributed by atoms with Crippen LogP contribution in [0.25, 0.3) is 0 Å². The van der Waals surface area contributed by atoms with Crippen molar-refractivity contribution in [2.24, 2.45) is 11.1 Å². The predicted molar refractivity (Wildman–Crippen MR) is 81.8 cm³/mol. The molecule has 3 N–H and O–H groups in total. The van der Waals surface area contributed by atoms with Crippen molar-refractivity contribution >= 4 is 23.6 Å². The zero-order valence-electron chi connectivity index (χ0n) is 12.4. The summed E-state index contributed by atoms with van der Waals surface area (Å²) in [5.74, 6) is 0.874. The van der Waals surface area contributed by atoms with Gasteiger partial charge in [-0.25, -0.2) is 0 Å². The standard InChI is InChI=1S/C14H26N2O3S/c1-14(2,5-6-15)4-3-12(17)16-7-8-20-10-11(16)9-13(18)19/h11H,3-10,15H2,1-2H3,(H,18,19). The van der Waals surface area contributed by atoms with Crippen molar-refractivity contribution in [1.82, 2.24) is 4.90 Å². The zero-order chi connectivity index (χ0) is 15.2. The van der Waals surface area contributed by atoms with Gasteiger partial charge < -0.3 is 15.7 Å². The average molecular weight is 302 g/mol. The molecule has 0 saturated carbocycles. The van der Waals surface area contributed by atoms with Crippen LogP contribution in [-0.4, -0.2) is 52.5 Å². The Morgan fingerprint density at radius 1 is 1.40 bits per heavy atom. The predicted octanol–water partition coefficient (Wildman–Crippen LogP) is 1.56. The van der Waals surface area contributed by atoms with Crippen LogP contribution in [0.15, 0.2) is 0 Å². The minimum atomic E-state index is -0.834. The van der Waals surface area contributed by atoms with Crippen LogP contribution in [0.4, 0.5) is 0 Å². The molecule has 0 aromatic heterocycles. The Morgan fingerprint density at radius 2 is 2.10 bits per heavy atom. The SMILES string of the molecule is CC(C)(CCN)CCC(=O)N1CCSCC1CC(=O)O. The third kappa shape index (κ3) is 5.71. The molecule has 1 amide bonds. The number of hydrogen-bond acceptors (Lipinski definition) is 4. The van der Waals surface area contributed by atoms with Crippen LogP contribution < -0.4 is 5.73 Å². The van der Waals surface area contributed by atoms with Gasteiger partial charge in [0.15, 0.2) is 0 Å². The maximum absolute atomic E-state index is 12.3.